The number of hydrogen-bond acceptors (Lipinski definition) is 7. The molecular weight excluding hydrogens is 464 g/mol. The SMILES string of the molecule is C=C/C(Cl)=C\C=C(/C)c1cnc(N(CCc2csc(SC(C)(C)C(=O)O)n2)C(C)C)nc1. The van der Waals surface area contributed by atoms with Gasteiger partial charge < -0.3 is 10.0 Å². The Labute approximate surface area is 203 Å². The van der Waals surface area contributed by atoms with E-state index in [4.69, 9.17) is 11.6 Å². The first-order valence-electron chi connectivity index (χ1n) is 10.2. The highest BCUT2D eigenvalue weighted by atomic mass is 35.5. The van der Waals surface area contributed by atoms with Gasteiger partial charge in [0.15, 0.2) is 4.34 Å². The Bertz CT molecular complexity index is 998. The van der Waals surface area contributed by atoms with Crippen LogP contribution in [-0.4, -0.2) is 43.4 Å². The van der Waals surface area contributed by atoms with E-state index in [1.807, 2.05) is 30.8 Å². The molecule has 0 aromatic carbocycles. The van der Waals surface area contributed by atoms with Crippen molar-refractivity contribution < 1.29 is 9.90 Å². The van der Waals surface area contributed by atoms with Crippen molar-refractivity contribution in [1.82, 2.24) is 15.0 Å². The van der Waals surface area contributed by atoms with E-state index < -0.39 is 10.7 Å². The maximum Gasteiger partial charge on any atom is 0.319 e. The third-order valence-electron chi connectivity index (χ3n) is 4.66. The lowest BCUT2D eigenvalue weighted by Gasteiger charge is -2.26. The first-order chi connectivity index (χ1) is 15.0. The molecule has 0 amide bonds. The quantitative estimate of drug-likeness (QED) is 0.301. The van der Waals surface area contributed by atoms with E-state index in [1.54, 1.807) is 26.0 Å². The second-order valence-corrected chi connectivity index (χ2v) is 11.1. The molecule has 0 aliphatic carbocycles. The van der Waals surface area contributed by atoms with Gasteiger partial charge in [-0.1, -0.05) is 42.1 Å². The summed E-state index contributed by atoms with van der Waals surface area (Å²) in [6.45, 7) is 13.9. The highest BCUT2D eigenvalue weighted by molar-refractivity contribution is 8.03. The monoisotopic (exact) mass is 492 g/mol. The van der Waals surface area contributed by atoms with E-state index in [0.29, 0.717) is 17.5 Å². The zero-order valence-corrected chi connectivity index (χ0v) is 21.4. The number of anilines is 1. The van der Waals surface area contributed by atoms with E-state index in [9.17, 15) is 9.90 Å². The van der Waals surface area contributed by atoms with Crippen LogP contribution >= 0.6 is 34.7 Å². The van der Waals surface area contributed by atoms with Crippen molar-refractivity contribution in [2.24, 2.45) is 0 Å². The van der Waals surface area contributed by atoms with Gasteiger partial charge in [-0.05, 0) is 46.3 Å². The van der Waals surface area contributed by atoms with Gasteiger partial charge in [0, 0.05) is 47.4 Å². The van der Waals surface area contributed by atoms with Crippen LogP contribution in [-0.2, 0) is 11.2 Å². The number of aliphatic carboxylic acids is 1. The fraction of sp³-hybridized carbons (Fsp3) is 0.391. The number of aromatic nitrogens is 3. The van der Waals surface area contributed by atoms with Crippen molar-refractivity contribution in [2.75, 3.05) is 11.4 Å². The molecule has 0 aliphatic heterocycles. The summed E-state index contributed by atoms with van der Waals surface area (Å²) in [6, 6.07) is 0.213. The van der Waals surface area contributed by atoms with E-state index in [-0.39, 0.29) is 6.04 Å². The van der Waals surface area contributed by atoms with E-state index in [1.165, 1.54) is 23.1 Å². The molecule has 32 heavy (non-hydrogen) atoms. The summed E-state index contributed by atoms with van der Waals surface area (Å²) in [4.78, 5) is 27.2. The van der Waals surface area contributed by atoms with Crippen molar-refractivity contribution >= 4 is 52.2 Å². The minimum absolute atomic E-state index is 0.213. The summed E-state index contributed by atoms with van der Waals surface area (Å²) >= 11 is 8.70. The Morgan fingerprint density at radius 3 is 2.56 bits per heavy atom. The Balaban J connectivity index is 2.07. The smallest absolute Gasteiger partial charge is 0.319 e. The minimum atomic E-state index is -0.909. The molecule has 2 aromatic heterocycles. The van der Waals surface area contributed by atoms with Gasteiger partial charge in [-0.2, -0.15) is 0 Å². The number of hydrogen-bond donors (Lipinski definition) is 1. The van der Waals surface area contributed by atoms with Crippen LogP contribution < -0.4 is 4.90 Å². The molecule has 0 bridgehead atoms. The second kappa shape index (κ2) is 11.6. The van der Waals surface area contributed by atoms with Crippen LogP contribution in [0.5, 0.6) is 0 Å². The molecule has 0 saturated heterocycles. The van der Waals surface area contributed by atoms with Gasteiger partial charge in [0.2, 0.25) is 5.95 Å². The summed E-state index contributed by atoms with van der Waals surface area (Å²) in [5.41, 5.74) is 2.86. The highest BCUT2D eigenvalue weighted by Crippen LogP contribution is 2.34. The largest absolute Gasteiger partial charge is 0.480 e. The first-order valence-corrected chi connectivity index (χ1v) is 12.2. The lowest BCUT2D eigenvalue weighted by atomic mass is 10.1. The van der Waals surface area contributed by atoms with Crippen molar-refractivity contribution in [2.45, 2.75) is 56.2 Å². The van der Waals surface area contributed by atoms with Crippen LogP contribution in [0.2, 0.25) is 0 Å². The Kier molecular flexibility index (Phi) is 9.48. The number of carbonyl (C=O) groups is 1. The van der Waals surface area contributed by atoms with Gasteiger partial charge in [0.25, 0.3) is 0 Å². The van der Waals surface area contributed by atoms with Crippen LogP contribution in [0.15, 0.2) is 52.0 Å². The van der Waals surface area contributed by atoms with Crippen LogP contribution in [0.4, 0.5) is 5.95 Å². The molecule has 1 N–H and O–H groups in total. The first kappa shape index (κ1) is 26.1. The minimum Gasteiger partial charge on any atom is -0.480 e. The summed E-state index contributed by atoms with van der Waals surface area (Å²) in [5, 5.41) is 11.9. The molecule has 0 atom stereocenters. The molecule has 0 spiro atoms. The fourth-order valence-corrected chi connectivity index (χ4v) is 4.87. The predicted molar refractivity (Wildman–Crippen MR) is 136 cm³/mol. The third-order valence-corrected chi connectivity index (χ3v) is 7.11. The van der Waals surface area contributed by atoms with E-state index in [2.05, 4.69) is 40.3 Å². The second-order valence-electron chi connectivity index (χ2n) is 7.94. The van der Waals surface area contributed by atoms with Gasteiger partial charge in [0.05, 0.1) is 5.69 Å². The predicted octanol–water partition coefficient (Wildman–Crippen LogP) is 6.06. The Morgan fingerprint density at radius 2 is 2.00 bits per heavy atom. The highest BCUT2D eigenvalue weighted by Gasteiger charge is 2.29. The molecule has 172 valence electrons. The molecule has 0 radical (unpaired) electrons. The number of allylic oxidation sites excluding steroid dienone is 5. The van der Waals surface area contributed by atoms with Crippen LogP contribution in [0, 0.1) is 0 Å². The van der Waals surface area contributed by atoms with E-state index in [0.717, 1.165) is 27.6 Å². The van der Waals surface area contributed by atoms with Crippen LogP contribution in [0.3, 0.4) is 0 Å². The average molecular weight is 493 g/mol. The van der Waals surface area contributed by atoms with Crippen LogP contribution in [0.1, 0.15) is 45.9 Å². The zero-order chi connectivity index (χ0) is 23.9. The maximum absolute atomic E-state index is 11.3. The Hall–Kier alpha value is -2.16. The maximum atomic E-state index is 11.3. The molecule has 2 heterocycles. The van der Waals surface area contributed by atoms with Crippen molar-refractivity contribution in [1.29, 1.82) is 0 Å². The molecule has 9 heteroatoms. The lowest BCUT2D eigenvalue weighted by molar-refractivity contribution is -0.138. The number of rotatable bonds is 11. The van der Waals surface area contributed by atoms with E-state index >= 15 is 0 Å². The van der Waals surface area contributed by atoms with Gasteiger partial charge in [-0.15, -0.1) is 11.3 Å². The number of carboxylic acids is 1. The standard InChI is InChI=1S/C23H29ClN4O2S2/c1-7-18(24)9-8-16(4)17-12-25-21(26-13-17)28(15(2)3)11-10-19-14-31-22(27-19)32-23(5,6)20(29)30/h7-9,12-15H,1,10-11H2,2-6H3,(H,29,30)/b16-8+,18-9+. The molecule has 6 nitrogen and oxygen atoms in total. The summed E-state index contributed by atoms with van der Waals surface area (Å²) in [7, 11) is 0. The molecule has 0 unspecified atom stereocenters. The fourth-order valence-electron chi connectivity index (χ4n) is 2.58. The van der Waals surface area contributed by atoms with Gasteiger partial charge in [-0.3, -0.25) is 4.79 Å². The number of carboxylic acid groups (broad SMARTS) is 1. The number of thiazole rings is 1. The molecule has 2 rings (SSSR count). The normalized spacial score (nSPS) is 12.8. The average Bonchev–Trinajstić information content (AvgIpc) is 3.18. The third kappa shape index (κ3) is 7.46. The van der Waals surface area contributed by atoms with Crippen LogP contribution in [0.25, 0.3) is 5.57 Å². The Morgan fingerprint density at radius 1 is 1.34 bits per heavy atom. The zero-order valence-electron chi connectivity index (χ0n) is 19.0. The van der Waals surface area contributed by atoms with Gasteiger partial charge >= 0.3 is 5.97 Å². The topological polar surface area (TPSA) is 79.2 Å². The van der Waals surface area contributed by atoms with Crippen molar-refractivity contribution in [3.05, 3.63) is 58.9 Å². The number of thioether (sulfide) groups is 1. The lowest BCUT2D eigenvalue weighted by Crippen LogP contribution is -2.34. The number of halogens is 1. The molecular formula is C23H29ClN4O2S2. The molecule has 2 aromatic rings. The molecule has 0 aliphatic rings. The summed E-state index contributed by atoms with van der Waals surface area (Å²) in [6.07, 6.45) is 9.62. The molecule has 0 saturated carbocycles. The van der Waals surface area contributed by atoms with Crippen molar-refractivity contribution in [3.8, 4) is 0 Å². The summed E-state index contributed by atoms with van der Waals surface area (Å²) in [5.74, 6) is -0.191. The van der Waals surface area contributed by atoms with Crippen molar-refractivity contribution in [3.63, 3.8) is 0 Å². The summed E-state index contributed by atoms with van der Waals surface area (Å²) < 4.78 is -0.148. The number of nitrogens with zero attached hydrogens (tertiary/aromatic N) is 4. The molecule has 0 fully saturated rings. The van der Waals surface area contributed by atoms with Gasteiger partial charge in [0.1, 0.15) is 4.75 Å². The van der Waals surface area contributed by atoms with Gasteiger partial charge in [-0.25, -0.2) is 15.0 Å².